The van der Waals surface area contributed by atoms with Gasteiger partial charge in [0.2, 0.25) is 17.7 Å². The zero-order valence-corrected chi connectivity index (χ0v) is 21.1. The number of nitrogens with zero attached hydrogens (tertiary/aromatic N) is 1. The molecule has 3 amide bonds. The molecule has 5 N–H and O–H groups in total. The first-order valence-corrected chi connectivity index (χ1v) is 12.9. The molecule has 5 atom stereocenters. The van der Waals surface area contributed by atoms with Crippen LogP contribution in [0.3, 0.4) is 0 Å². The average Bonchev–Trinajstić information content (AvgIpc) is 3.47. The first kappa shape index (κ1) is 26.7. The summed E-state index contributed by atoms with van der Waals surface area (Å²) in [5.74, 6) is 11.1. The Bertz CT molecular complexity index is 1130. The van der Waals surface area contributed by atoms with Crippen molar-refractivity contribution < 1.29 is 18.8 Å². The molecule has 1 saturated carbocycles. The van der Waals surface area contributed by atoms with Gasteiger partial charge >= 0.3 is 0 Å². The van der Waals surface area contributed by atoms with Crippen LogP contribution in [0.25, 0.3) is 0 Å². The number of likely N-dealkylation sites (tertiary alicyclic amines) is 1. The molecule has 0 radical (unpaired) electrons. The van der Waals surface area contributed by atoms with Gasteiger partial charge in [-0.25, -0.2) is 4.39 Å². The Labute approximate surface area is 217 Å². The van der Waals surface area contributed by atoms with E-state index in [1.54, 1.807) is 6.92 Å². The second kappa shape index (κ2) is 12.2. The summed E-state index contributed by atoms with van der Waals surface area (Å²) in [6.45, 7) is 2.52. The summed E-state index contributed by atoms with van der Waals surface area (Å²) in [5, 5.41) is 8.65. The third-order valence-electron chi connectivity index (χ3n) is 6.95. The Morgan fingerprint density at radius 1 is 1.16 bits per heavy atom. The number of amides is 3. The molecule has 1 aromatic carbocycles. The maximum atomic E-state index is 13.5. The highest BCUT2D eigenvalue weighted by Crippen LogP contribution is 2.27. The minimum Gasteiger partial charge on any atom is -0.350 e. The second-order valence-electron chi connectivity index (χ2n) is 10.1. The van der Waals surface area contributed by atoms with Crippen molar-refractivity contribution in [2.24, 2.45) is 17.6 Å². The Morgan fingerprint density at radius 2 is 1.92 bits per heavy atom. The summed E-state index contributed by atoms with van der Waals surface area (Å²) in [6.07, 6.45) is 1.68. The number of nitrogens with two attached hydrogens (primary N) is 1. The highest BCUT2D eigenvalue weighted by atomic mass is 19.1. The van der Waals surface area contributed by atoms with Crippen molar-refractivity contribution in [2.75, 3.05) is 19.6 Å². The van der Waals surface area contributed by atoms with E-state index >= 15 is 0 Å². The zero-order valence-electron chi connectivity index (χ0n) is 21.1. The molecule has 0 aromatic heterocycles. The zero-order chi connectivity index (χ0) is 26.4. The van der Waals surface area contributed by atoms with Gasteiger partial charge in [0, 0.05) is 56.0 Å². The quantitative estimate of drug-likeness (QED) is 0.400. The summed E-state index contributed by atoms with van der Waals surface area (Å²) >= 11 is 0. The monoisotopic (exact) mass is 507 g/mol. The predicted molar refractivity (Wildman–Crippen MR) is 137 cm³/mol. The van der Waals surface area contributed by atoms with Crippen LogP contribution in [-0.4, -0.2) is 66.6 Å². The lowest BCUT2D eigenvalue weighted by Crippen LogP contribution is -2.48. The van der Waals surface area contributed by atoms with Crippen molar-refractivity contribution in [3.05, 3.63) is 35.4 Å². The lowest BCUT2D eigenvalue weighted by Gasteiger charge is -2.26. The van der Waals surface area contributed by atoms with Gasteiger partial charge in [0.15, 0.2) is 0 Å². The number of halogens is 1. The molecular formula is C28H34FN5O3. The van der Waals surface area contributed by atoms with Crippen LogP contribution in [0.5, 0.6) is 0 Å². The fourth-order valence-electron chi connectivity index (χ4n) is 4.49. The van der Waals surface area contributed by atoms with Crippen molar-refractivity contribution in [1.29, 1.82) is 0 Å². The lowest BCUT2D eigenvalue weighted by molar-refractivity contribution is -0.141. The van der Waals surface area contributed by atoms with E-state index in [1.807, 2.05) is 24.3 Å². The average molecular weight is 508 g/mol. The van der Waals surface area contributed by atoms with Crippen molar-refractivity contribution >= 4 is 17.7 Å². The van der Waals surface area contributed by atoms with Crippen LogP contribution in [0, 0.1) is 35.5 Å². The van der Waals surface area contributed by atoms with Crippen molar-refractivity contribution in [3.8, 4) is 23.7 Å². The number of alkyl halides is 1. The fraction of sp³-hybridized carbons (Fsp3) is 0.536. The van der Waals surface area contributed by atoms with Crippen molar-refractivity contribution in [2.45, 2.75) is 63.4 Å². The highest BCUT2D eigenvalue weighted by molar-refractivity contribution is 5.90. The lowest BCUT2D eigenvalue weighted by atomic mass is 10.1. The van der Waals surface area contributed by atoms with Crippen molar-refractivity contribution in [1.82, 2.24) is 20.9 Å². The molecule has 2 saturated heterocycles. The minimum atomic E-state index is -1.05. The normalized spacial score (nSPS) is 25.3. The molecule has 0 bridgehead atoms. The Hall–Kier alpha value is -3.40. The molecule has 0 spiro atoms. The number of benzene rings is 1. The molecule has 1 aromatic rings. The van der Waals surface area contributed by atoms with E-state index in [0.717, 1.165) is 11.1 Å². The van der Waals surface area contributed by atoms with Crippen LogP contribution in [0.1, 0.15) is 43.7 Å². The van der Waals surface area contributed by atoms with Gasteiger partial charge in [-0.15, -0.1) is 0 Å². The molecule has 2 aliphatic heterocycles. The fourth-order valence-corrected chi connectivity index (χ4v) is 4.49. The summed E-state index contributed by atoms with van der Waals surface area (Å²) in [6, 6.07) is 5.81. The SMILES string of the molecule is C[C@H](CN)C(=O)N1C[C@H](NC(=O)[C@@H]2C[C@H](F)CN2)C[C@@H]1C(=O)NCc1ccc(C#CC#CC2CC2)cc1. The molecule has 4 rings (SSSR count). The third kappa shape index (κ3) is 7.31. The third-order valence-corrected chi connectivity index (χ3v) is 6.95. The summed E-state index contributed by atoms with van der Waals surface area (Å²) < 4.78 is 13.5. The second-order valence-corrected chi connectivity index (χ2v) is 10.1. The first-order valence-electron chi connectivity index (χ1n) is 12.9. The predicted octanol–water partition coefficient (Wildman–Crippen LogP) is 0.448. The molecule has 37 heavy (non-hydrogen) atoms. The number of carbonyl (C=O) groups excluding carboxylic acids is 3. The molecule has 8 nitrogen and oxygen atoms in total. The maximum Gasteiger partial charge on any atom is 0.243 e. The molecule has 3 aliphatic rings. The van der Waals surface area contributed by atoms with Gasteiger partial charge in [-0.05, 0) is 48.8 Å². The van der Waals surface area contributed by atoms with Crippen LogP contribution in [0.15, 0.2) is 24.3 Å². The summed E-state index contributed by atoms with van der Waals surface area (Å²) in [5.41, 5.74) is 7.44. The molecule has 2 heterocycles. The number of hydrogen-bond donors (Lipinski definition) is 4. The first-order chi connectivity index (χ1) is 17.8. The minimum absolute atomic E-state index is 0.119. The van der Waals surface area contributed by atoms with E-state index in [-0.39, 0.29) is 50.2 Å². The summed E-state index contributed by atoms with van der Waals surface area (Å²) in [7, 11) is 0. The number of rotatable bonds is 7. The molecule has 196 valence electrons. The largest absolute Gasteiger partial charge is 0.350 e. The topological polar surface area (TPSA) is 117 Å². The van der Waals surface area contributed by atoms with Crippen LogP contribution < -0.4 is 21.7 Å². The van der Waals surface area contributed by atoms with Crippen molar-refractivity contribution in [3.63, 3.8) is 0 Å². The van der Waals surface area contributed by atoms with Gasteiger partial charge in [-0.2, -0.15) is 0 Å². The van der Waals surface area contributed by atoms with Gasteiger partial charge in [-0.3, -0.25) is 14.4 Å². The van der Waals surface area contributed by atoms with Gasteiger partial charge in [0.1, 0.15) is 12.2 Å². The molecule has 3 fully saturated rings. The van der Waals surface area contributed by atoms with Gasteiger partial charge < -0.3 is 26.6 Å². The van der Waals surface area contributed by atoms with E-state index in [4.69, 9.17) is 5.73 Å². The van der Waals surface area contributed by atoms with Gasteiger partial charge in [0.25, 0.3) is 0 Å². The van der Waals surface area contributed by atoms with Gasteiger partial charge in [-0.1, -0.05) is 30.9 Å². The van der Waals surface area contributed by atoms with E-state index in [0.29, 0.717) is 12.5 Å². The van der Waals surface area contributed by atoms with Gasteiger partial charge in [0.05, 0.1) is 6.04 Å². The number of carbonyl (C=O) groups is 3. The van der Waals surface area contributed by atoms with Crippen LogP contribution >= 0.6 is 0 Å². The van der Waals surface area contributed by atoms with E-state index in [1.165, 1.54) is 17.7 Å². The number of nitrogens with one attached hydrogen (secondary N) is 3. The Morgan fingerprint density at radius 3 is 2.57 bits per heavy atom. The standard InChI is InChI=1S/C28H34FN5O3/c1-18(14-30)28(37)34-17-23(33-26(35)24-12-22(29)16-31-24)13-25(34)27(36)32-15-21-10-8-20(9-11-21)5-3-2-4-19-6-7-19/h8-11,18-19,22-25,31H,6-7,12-17,30H2,1H3,(H,32,36)(H,33,35)/t18-,22+,23-,24+,25-/m1/s1. The Balaban J connectivity index is 1.34. The molecule has 1 aliphatic carbocycles. The van der Waals surface area contributed by atoms with E-state index < -0.39 is 30.2 Å². The molecule has 9 heteroatoms. The van der Waals surface area contributed by atoms with Crippen LogP contribution in [0.2, 0.25) is 0 Å². The Kier molecular flexibility index (Phi) is 8.81. The van der Waals surface area contributed by atoms with Crippen LogP contribution in [-0.2, 0) is 20.9 Å². The number of hydrogen-bond acceptors (Lipinski definition) is 5. The van der Waals surface area contributed by atoms with Crippen LogP contribution in [0.4, 0.5) is 4.39 Å². The van der Waals surface area contributed by atoms with E-state index in [9.17, 15) is 18.8 Å². The molecular weight excluding hydrogens is 473 g/mol. The van der Waals surface area contributed by atoms with E-state index in [2.05, 4.69) is 39.6 Å². The maximum absolute atomic E-state index is 13.5. The summed E-state index contributed by atoms with van der Waals surface area (Å²) in [4.78, 5) is 40.1. The smallest absolute Gasteiger partial charge is 0.243 e. The highest BCUT2D eigenvalue weighted by Gasteiger charge is 2.42. The molecule has 0 unspecified atom stereocenters.